The summed E-state index contributed by atoms with van der Waals surface area (Å²) in [7, 11) is 1.60. The molecule has 0 bridgehead atoms. The van der Waals surface area contributed by atoms with Gasteiger partial charge in [-0.05, 0) is 6.42 Å². The fourth-order valence-corrected chi connectivity index (χ4v) is 1.97. The highest BCUT2D eigenvalue weighted by Crippen LogP contribution is 2.14. The van der Waals surface area contributed by atoms with Crippen LogP contribution in [0, 0.1) is 10.1 Å². The van der Waals surface area contributed by atoms with E-state index in [1.807, 2.05) is 0 Å². The van der Waals surface area contributed by atoms with E-state index in [-0.39, 0.29) is 17.3 Å². The Balaban J connectivity index is 1.79. The van der Waals surface area contributed by atoms with Crippen molar-refractivity contribution in [2.45, 2.75) is 6.42 Å². The molecule has 2 rings (SSSR count). The van der Waals surface area contributed by atoms with Crippen LogP contribution in [0.3, 0.4) is 0 Å². The molecule has 1 aliphatic rings. The quantitative estimate of drug-likeness (QED) is 0.388. The van der Waals surface area contributed by atoms with Gasteiger partial charge in [-0.15, -0.1) is 0 Å². The van der Waals surface area contributed by atoms with Crippen LogP contribution < -0.4 is 16.0 Å². The number of nitrogens with zero attached hydrogens (tertiary/aromatic N) is 3. The van der Waals surface area contributed by atoms with Crippen molar-refractivity contribution in [2.75, 3.05) is 26.2 Å². The molecule has 2 heterocycles. The molecule has 1 aliphatic heterocycles. The molecule has 0 saturated carbocycles. The highest BCUT2D eigenvalue weighted by molar-refractivity contribution is 5.93. The predicted octanol–water partition coefficient (Wildman–Crippen LogP) is -0.398. The summed E-state index contributed by atoms with van der Waals surface area (Å²) < 4.78 is 1.44. The molecule has 0 atom stereocenters. The zero-order valence-corrected chi connectivity index (χ0v) is 11.8. The van der Waals surface area contributed by atoms with Crippen molar-refractivity contribution in [1.29, 1.82) is 0 Å². The average Bonchev–Trinajstić information content (AvgIpc) is 2.87. The Bertz CT molecular complexity index is 565. The number of amides is 1. The Hall–Kier alpha value is -2.58. The number of aryl methyl sites for hydroxylation is 1. The molecule has 0 radical (unpaired) electrons. The molecule has 114 valence electrons. The SMILES string of the molecule is Cn1cc([N+](=O)[O-])cc1C(=O)NCCNC1=NCCCN1. The number of nitro groups is 1. The van der Waals surface area contributed by atoms with Crippen LogP contribution in [0.2, 0.25) is 0 Å². The van der Waals surface area contributed by atoms with Crippen LogP contribution in [0.5, 0.6) is 0 Å². The van der Waals surface area contributed by atoms with Crippen LogP contribution in [-0.4, -0.2) is 47.5 Å². The molecule has 0 spiro atoms. The molecule has 9 nitrogen and oxygen atoms in total. The molecule has 0 aromatic carbocycles. The number of aromatic nitrogens is 1. The topological polar surface area (TPSA) is 114 Å². The van der Waals surface area contributed by atoms with Crippen LogP contribution in [0.1, 0.15) is 16.9 Å². The smallest absolute Gasteiger partial charge is 0.287 e. The van der Waals surface area contributed by atoms with Crippen molar-refractivity contribution in [3.05, 3.63) is 28.1 Å². The van der Waals surface area contributed by atoms with E-state index < -0.39 is 4.92 Å². The lowest BCUT2D eigenvalue weighted by atomic mass is 10.3. The van der Waals surface area contributed by atoms with Crippen molar-refractivity contribution < 1.29 is 9.72 Å². The van der Waals surface area contributed by atoms with Crippen molar-refractivity contribution in [1.82, 2.24) is 20.5 Å². The maximum absolute atomic E-state index is 11.9. The summed E-state index contributed by atoms with van der Waals surface area (Å²) in [5.41, 5.74) is 0.163. The third kappa shape index (κ3) is 3.94. The zero-order valence-electron chi connectivity index (χ0n) is 11.8. The molecule has 1 amide bonds. The average molecular weight is 294 g/mol. The van der Waals surface area contributed by atoms with Gasteiger partial charge in [-0.3, -0.25) is 19.9 Å². The lowest BCUT2D eigenvalue weighted by Crippen LogP contribution is -2.43. The van der Waals surface area contributed by atoms with Crippen LogP contribution >= 0.6 is 0 Å². The van der Waals surface area contributed by atoms with Gasteiger partial charge in [0.15, 0.2) is 5.96 Å². The van der Waals surface area contributed by atoms with Crippen LogP contribution in [0.15, 0.2) is 17.3 Å². The Morgan fingerprint density at radius 2 is 2.38 bits per heavy atom. The highest BCUT2D eigenvalue weighted by Gasteiger charge is 2.17. The molecule has 0 aliphatic carbocycles. The Morgan fingerprint density at radius 3 is 3.00 bits per heavy atom. The fourth-order valence-electron chi connectivity index (χ4n) is 1.97. The fraction of sp³-hybridized carbons (Fsp3) is 0.500. The molecule has 21 heavy (non-hydrogen) atoms. The number of rotatable bonds is 5. The monoisotopic (exact) mass is 294 g/mol. The first-order valence-corrected chi connectivity index (χ1v) is 6.69. The maximum Gasteiger partial charge on any atom is 0.287 e. The number of hydrogen-bond acceptors (Lipinski definition) is 6. The molecule has 3 N–H and O–H groups in total. The van der Waals surface area contributed by atoms with Crippen molar-refractivity contribution in [2.24, 2.45) is 12.0 Å². The Kier molecular flexibility index (Phi) is 4.75. The van der Waals surface area contributed by atoms with E-state index in [0.29, 0.717) is 13.1 Å². The van der Waals surface area contributed by atoms with Gasteiger partial charge in [-0.1, -0.05) is 0 Å². The summed E-state index contributed by atoms with van der Waals surface area (Å²) in [6, 6.07) is 1.26. The zero-order chi connectivity index (χ0) is 15.2. The minimum absolute atomic E-state index is 0.0958. The number of guanidine groups is 1. The van der Waals surface area contributed by atoms with Gasteiger partial charge in [0.1, 0.15) is 5.69 Å². The summed E-state index contributed by atoms with van der Waals surface area (Å²) in [6.07, 6.45) is 2.34. The molecule has 0 unspecified atom stereocenters. The van der Waals surface area contributed by atoms with Gasteiger partial charge >= 0.3 is 0 Å². The van der Waals surface area contributed by atoms with Crippen molar-refractivity contribution in [3.63, 3.8) is 0 Å². The van der Waals surface area contributed by atoms with Crippen LogP contribution in [-0.2, 0) is 7.05 Å². The Labute approximate surface area is 121 Å². The minimum atomic E-state index is -0.523. The largest absolute Gasteiger partial charge is 0.356 e. The van der Waals surface area contributed by atoms with Gasteiger partial charge in [0.2, 0.25) is 0 Å². The lowest BCUT2D eigenvalue weighted by molar-refractivity contribution is -0.384. The van der Waals surface area contributed by atoms with E-state index in [1.54, 1.807) is 7.05 Å². The first kappa shape index (κ1) is 14.8. The van der Waals surface area contributed by atoms with E-state index in [9.17, 15) is 14.9 Å². The highest BCUT2D eigenvalue weighted by atomic mass is 16.6. The van der Waals surface area contributed by atoms with Crippen LogP contribution in [0.25, 0.3) is 0 Å². The summed E-state index contributed by atoms with van der Waals surface area (Å²) in [5, 5.41) is 19.5. The number of hydrogen-bond donors (Lipinski definition) is 3. The van der Waals surface area contributed by atoms with Gasteiger partial charge in [-0.2, -0.15) is 0 Å². The summed E-state index contributed by atoms with van der Waals surface area (Å²) in [6.45, 7) is 2.63. The minimum Gasteiger partial charge on any atom is -0.356 e. The lowest BCUT2D eigenvalue weighted by Gasteiger charge is -2.16. The molecular weight excluding hydrogens is 276 g/mol. The number of nitrogens with one attached hydrogen (secondary N) is 3. The van der Waals surface area contributed by atoms with E-state index in [1.165, 1.54) is 16.8 Å². The standard InChI is InChI=1S/C12H18N6O3/c1-17-8-9(18(20)21)7-10(17)11(19)13-5-6-16-12-14-3-2-4-15-12/h7-8H,2-6H2,1H3,(H,13,19)(H2,14,15,16). The van der Waals surface area contributed by atoms with E-state index in [4.69, 9.17) is 0 Å². The second kappa shape index (κ2) is 6.73. The first-order chi connectivity index (χ1) is 10.1. The predicted molar refractivity (Wildman–Crippen MR) is 77.3 cm³/mol. The molecule has 1 aromatic rings. The first-order valence-electron chi connectivity index (χ1n) is 6.69. The summed E-state index contributed by atoms with van der Waals surface area (Å²) >= 11 is 0. The second-order valence-electron chi connectivity index (χ2n) is 4.64. The number of aliphatic imine (C=N–C) groups is 1. The van der Waals surface area contributed by atoms with Gasteiger partial charge in [0, 0.05) is 39.3 Å². The van der Waals surface area contributed by atoms with Crippen molar-refractivity contribution in [3.8, 4) is 0 Å². The van der Waals surface area contributed by atoms with Gasteiger partial charge in [-0.25, -0.2) is 0 Å². The third-order valence-corrected chi connectivity index (χ3v) is 3.03. The normalized spacial score (nSPS) is 14.0. The molecule has 1 aromatic heterocycles. The maximum atomic E-state index is 11.9. The van der Waals surface area contributed by atoms with Crippen molar-refractivity contribution >= 4 is 17.6 Å². The molecular formula is C12H18N6O3. The number of carbonyl (C=O) groups is 1. The summed E-state index contributed by atoms with van der Waals surface area (Å²) in [4.78, 5) is 26.3. The number of carbonyl (C=O) groups excluding carboxylic acids is 1. The van der Waals surface area contributed by atoms with Gasteiger partial charge in [0.05, 0.1) is 11.1 Å². The second-order valence-corrected chi connectivity index (χ2v) is 4.64. The molecule has 0 saturated heterocycles. The van der Waals surface area contributed by atoms with E-state index >= 15 is 0 Å². The molecule has 0 fully saturated rings. The van der Waals surface area contributed by atoms with E-state index in [0.717, 1.165) is 25.5 Å². The molecule has 9 heteroatoms. The van der Waals surface area contributed by atoms with Crippen LogP contribution in [0.4, 0.5) is 5.69 Å². The van der Waals surface area contributed by atoms with E-state index in [2.05, 4.69) is 20.9 Å². The third-order valence-electron chi connectivity index (χ3n) is 3.03. The van der Waals surface area contributed by atoms with Gasteiger partial charge < -0.3 is 20.5 Å². The van der Waals surface area contributed by atoms with Gasteiger partial charge in [0.25, 0.3) is 11.6 Å². The Morgan fingerprint density at radius 1 is 1.57 bits per heavy atom. The summed E-state index contributed by atoms with van der Waals surface area (Å²) in [5.74, 6) is 0.399.